The maximum atomic E-state index is 5.75. The largest absolute Gasteiger partial charge is 0.330 e. The summed E-state index contributed by atoms with van der Waals surface area (Å²) in [4.78, 5) is 0. The van der Waals surface area contributed by atoms with Crippen molar-refractivity contribution in [3.8, 4) is 0 Å². The molecular weight excluding hydrogens is 378 g/mol. The number of halogens is 2. The van der Waals surface area contributed by atoms with Crippen molar-refractivity contribution < 1.29 is 0 Å². The summed E-state index contributed by atoms with van der Waals surface area (Å²) in [7, 11) is 0. The molecule has 4 heteroatoms. The van der Waals surface area contributed by atoms with Gasteiger partial charge in [0, 0.05) is 0 Å². The third kappa shape index (κ3) is 2.68. The van der Waals surface area contributed by atoms with Crippen molar-refractivity contribution in [3.63, 3.8) is 0 Å². The molecule has 0 bridgehead atoms. The number of hydrogen-bond acceptors (Lipinski definition) is 2. The van der Waals surface area contributed by atoms with Crippen LogP contribution >= 0.6 is 45.2 Å². The zero-order valence-corrected chi connectivity index (χ0v) is 11.5. The second kappa shape index (κ2) is 4.27. The molecule has 0 atom stereocenters. The number of nitrogens with two attached hydrogens (primary N) is 2. The van der Waals surface area contributed by atoms with Gasteiger partial charge in [0.25, 0.3) is 0 Å². The van der Waals surface area contributed by atoms with Gasteiger partial charge in [-0.1, -0.05) is 45.2 Å². The number of alkyl halides is 2. The van der Waals surface area contributed by atoms with Gasteiger partial charge in [0.05, 0.1) is 1.43 Å². The van der Waals surface area contributed by atoms with Crippen LogP contribution in [0.4, 0.5) is 0 Å². The van der Waals surface area contributed by atoms with Crippen LogP contribution in [0.2, 0.25) is 0 Å². The molecule has 0 saturated heterocycles. The Kier molecular flexibility index (Phi) is 4.07. The summed E-state index contributed by atoms with van der Waals surface area (Å²) >= 11 is 5.09. The summed E-state index contributed by atoms with van der Waals surface area (Å²) in [6.07, 6.45) is 4.91. The molecule has 0 radical (unpaired) electrons. The minimum absolute atomic E-state index is 0.264. The van der Waals surface area contributed by atoms with Gasteiger partial charge in [-0.05, 0) is 44.2 Å². The molecule has 0 unspecified atom stereocenters. The maximum absolute atomic E-state index is 5.75. The fraction of sp³-hybridized carbons (Fsp3) is 1.00. The fourth-order valence-electron chi connectivity index (χ4n) is 1.64. The first-order valence-electron chi connectivity index (χ1n) is 4.32. The summed E-state index contributed by atoms with van der Waals surface area (Å²) in [6.45, 7) is 1.51. The van der Waals surface area contributed by atoms with Crippen molar-refractivity contribution in [2.45, 2.75) is 27.1 Å². The highest BCUT2D eigenvalue weighted by Gasteiger charge is 2.38. The standard InChI is InChI=1S/C8H16I2N2/c9-8(10)3-1-7(5-11,6-12)2-4-8/h1-6,11-12H2. The lowest BCUT2D eigenvalue weighted by Crippen LogP contribution is -2.42. The molecule has 0 aromatic rings. The number of hydrogen-bond donors (Lipinski definition) is 2. The third-order valence-electron chi connectivity index (χ3n) is 2.91. The average Bonchev–Trinajstić information content (AvgIpc) is 2.06. The van der Waals surface area contributed by atoms with Crippen LogP contribution in [0.3, 0.4) is 0 Å². The van der Waals surface area contributed by atoms with Crippen LogP contribution in [0.1, 0.15) is 25.7 Å². The number of rotatable bonds is 2. The third-order valence-corrected chi connectivity index (χ3v) is 5.07. The Hall–Kier alpha value is 1.38. The Labute approximate surface area is 101 Å². The van der Waals surface area contributed by atoms with Gasteiger partial charge in [-0.15, -0.1) is 0 Å². The van der Waals surface area contributed by atoms with E-state index in [4.69, 9.17) is 11.5 Å². The highest BCUT2D eigenvalue weighted by molar-refractivity contribution is 14.2. The molecule has 1 aliphatic carbocycles. The molecule has 4 N–H and O–H groups in total. The maximum Gasteiger partial charge on any atom is 0.0735 e. The van der Waals surface area contributed by atoms with Crippen LogP contribution in [0, 0.1) is 5.41 Å². The van der Waals surface area contributed by atoms with E-state index in [9.17, 15) is 0 Å². The van der Waals surface area contributed by atoms with E-state index in [1.54, 1.807) is 0 Å². The summed E-state index contributed by atoms with van der Waals surface area (Å²) in [6, 6.07) is 0. The molecule has 0 aromatic carbocycles. The average molecular weight is 394 g/mol. The summed E-state index contributed by atoms with van der Waals surface area (Å²) < 4.78 is 0.462. The Morgan fingerprint density at radius 1 is 0.917 bits per heavy atom. The highest BCUT2D eigenvalue weighted by Crippen LogP contribution is 2.48. The van der Waals surface area contributed by atoms with E-state index >= 15 is 0 Å². The topological polar surface area (TPSA) is 52.0 Å². The molecule has 1 rings (SSSR count). The van der Waals surface area contributed by atoms with Gasteiger partial charge in [-0.25, -0.2) is 0 Å². The second-order valence-corrected chi connectivity index (χ2v) is 9.96. The molecular formula is C8H16I2N2. The molecule has 0 aliphatic heterocycles. The normalized spacial score (nSPS) is 27.0. The molecule has 0 aromatic heterocycles. The van der Waals surface area contributed by atoms with E-state index in [0.717, 1.165) is 13.1 Å². The second-order valence-electron chi connectivity index (χ2n) is 3.76. The summed E-state index contributed by atoms with van der Waals surface area (Å²) in [5, 5.41) is 0. The fourth-order valence-corrected chi connectivity index (χ4v) is 2.72. The molecule has 2 nitrogen and oxygen atoms in total. The SMILES string of the molecule is NCC1(CN)CCC(I)(I)CC1. The van der Waals surface area contributed by atoms with Gasteiger partial charge < -0.3 is 11.5 Å². The van der Waals surface area contributed by atoms with Crippen molar-refractivity contribution in [2.75, 3.05) is 13.1 Å². The molecule has 0 spiro atoms. The van der Waals surface area contributed by atoms with Crippen LogP contribution in [0.25, 0.3) is 0 Å². The predicted octanol–water partition coefficient (Wildman–Crippen LogP) is 2.03. The van der Waals surface area contributed by atoms with Crippen molar-refractivity contribution in [1.29, 1.82) is 0 Å². The van der Waals surface area contributed by atoms with E-state index in [2.05, 4.69) is 45.2 Å². The van der Waals surface area contributed by atoms with Crippen LogP contribution in [0.5, 0.6) is 0 Å². The molecule has 12 heavy (non-hydrogen) atoms. The Bertz CT molecular complexity index is 143. The first-order chi connectivity index (χ1) is 5.54. The molecule has 1 aliphatic rings. The van der Waals surface area contributed by atoms with Crippen molar-refractivity contribution in [1.82, 2.24) is 0 Å². The minimum atomic E-state index is 0.264. The molecule has 1 saturated carbocycles. The first kappa shape index (κ1) is 11.5. The van der Waals surface area contributed by atoms with Crippen molar-refractivity contribution in [2.24, 2.45) is 16.9 Å². The van der Waals surface area contributed by atoms with Gasteiger partial charge in [-0.3, -0.25) is 0 Å². The monoisotopic (exact) mass is 394 g/mol. The zero-order chi connectivity index (χ0) is 9.24. The van der Waals surface area contributed by atoms with Crippen LogP contribution in [0.15, 0.2) is 0 Å². The van der Waals surface area contributed by atoms with Crippen LogP contribution < -0.4 is 11.5 Å². The minimum Gasteiger partial charge on any atom is -0.330 e. The van der Waals surface area contributed by atoms with E-state index in [-0.39, 0.29) is 5.41 Å². The van der Waals surface area contributed by atoms with Gasteiger partial charge >= 0.3 is 0 Å². The smallest absolute Gasteiger partial charge is 0.0735 e. The molecule has 0 heterocycles. The Morgan fingerprint density at radius 3 is 1.67 bits per heavy atom. The molecule has 0 amide bonds. The van der Waals surface area contributed by atoms with E-state index in [1.165, 1.54) is 25.7 Å². The van der Waals surface area contributed by atoms with Gasteiger partial charge in [-0.2, -0.15) is 0 Å². The molecule has 72 valence electrons. The van der Waals surface area contributed by atoms with Crippen molar-refractivity contribution in [3.05, 3.63) is 0 Å². The quantitative estimate of drug-likeness (QED) is 0.557. The van der Waals surface area contributed by atoms with Gasteiger partial charge in [0.1, 0.15) is 0 Å². The van der Waals surface area contributed by atoms with Crippen LogP contribution in [-0.2, 0) is 0 Å². The van der Waals surface area contributed by atoms with Crippen molar-refractivity contribution >= 4 is 45.2 Å². The predicted molar refractivity (Wildman–Crippen MR) is 69.8 cm³/mol. The van der Waals surface area contributed by atoms with Gasteiger partial charge in [0.2, 0.25) is 0 Å². The van der Waals surface area contributed by atoms with E-state index in [1.807, 2.05) is 0 Å². The lowest BCUT2D eigenvalue weighted by molar-refractivity contribution is 0.212. The zero-order valence-electron chi connectivity index (χ0n) is 7.15. The van der Waals surface area contributed by atoms with Gasteiger partial charge in [0.15, 0.2) is 0 Å². The first-order valence-corrected chi connectivity index (χ1v) is 6.47. The Morgan fingerprint density at radius 2 is 1.33 bits per heavy atom. The summed E-state index contributed by atoms with van der Waals surface area (Å²) in [5.74, 6) is 0. The Balaban J connectivity index is 2.53. The van der Waals surface area contributed by atoms with E-state index in [0.29, 0.717) is 1.43 Å². The van der Waals surface area contributed by atoms with Crippen LogP contribution in [-0.4, -0.2) is 14.5 Å². The highest BCUT2D eigenvalue weighted by atomic mass is 127. The summed E-state index contributed by atoms with van der Waals surface area (Å²) in [5.41, 5.74) is 11.8. The lowest BCUT2D eigenvalue weighted by Gasteiger charge is -2.40. The van der Waals surface area contributed by atoms with E-state index < -0.39 is 0 Å². The molecule has 1 fully saturated rings. The lowest BCUT2D eigenvalue weighted by atomic mass is 9.74.